The first kappa shape index (κ1) is 12.0. The second kappa shape index (κ2) is 5.12. The van der Waals surface area contributed by atoms with Crippen LogP contribution in [0.15, 0.2) is 18.3 Å². The Balaban J connectivity index is 2.50. The number of aromatic nitrogens is 1. The SMILES string of the molecule is CC(C)(C)CCOc1cccnc1CN. The van der Waals surface area contributed by atoms with Crippen molar-refractivity contribution < 1.29 is 4.74 Å². The van der Waals surface area contributed by atoms with Crippen molar-refractivity contribution in [2.45, 2.75) is 33.7 Å². The zero-order chi connectivity index (χ0) is 11.3. The van der Waals surface area contributed by atoms with Crippen LogP contribution in [0.1, 0.15) is 32.9 Å². The number of hydrogen-bond acceptors (Lipinski definition) is 3. The number of nitrogens with two attached hydrogens (primary N) is 1. The molecule has 1 aromatic rings. The summed E-state index contributed by atoms with van der Waals surface area (Å²) in [6, 6.07) is 3.78. The van der Waals surface area contributed by atoms with Crippen molar-refractivity contribution in [2.24, 2.45) is 11.1 Å². The van der Waals surface area contributed by atoms with Crippen LogP contribution in [0.25, 0.3) is 0 Å². The molecule has 0 atom stereocenters. The van der Waals surface area contributed by atoms with Crippen LogP contribution in [-0.4, -0.2) is 11.6 Å². The molecule has 0 unspecified atom stereocenters. The number of hydrogen-bond donors (Lipinski definition) is 1. The summed E-state index contributed by atoms with van der Waals surface area (Å²) in [5, 5.41) is 0. The maximum absolute atomic E-state index is 5.66. The van der Waals surface area contributed by atoms with Crippen molar-refractivity contribution in [3.8, 4) is 5.75 Å². The lowest BCUT2D eigenvalue weighted by molar-refractivity contribution is 0.240. The van der Waals surface area contributed by atoms with Gasteiger partial charge in [-0.3, -0.25) is 4.98 Å². The first-order chi connectivity index (χ1) is 7.03. The summed E-state index contributed by atoms with van der Waals surface area (Å²) in [4.78, 5) is 4.16. The van der Waals surface area contributed by atoms with Gasteiger partial charge < -0.3 is 10.5 Å². The Bertz CT molecular complexity index is 305. The van der Waals surface area contributed by atoms with Crippen molar-refractivity contribution in [3.63, 3.8) is 0 Å². The van der Waals surface area contributed by atoms with Gasteiger partial charge in [0, 0.05) is 12.7 Å². The van der Waals surface area contributed by atoms with Gasteiger partial charge in [-0.05, 0) is 24.0 Å². The highest BCUT2D eigenvalue weighted by molar-refractivity contribution is 5.26. The third-order valence-corrected chi connectivity index (χ3v) is 2.15. The molecule has 0 spiro atoms. The normalized spacial score (nSPS) is 11.5. The van der Waals surface area contributed by atoms with Gasteiger partial charge in [-0.2, -0.15) is 0 Å². The van der Waals surface area contributed by atoms with Crippen LogP contribution in [0.3, 0.4) is 0 Å². The monoisotopic (exact) mass is 208 g/mol. The zero-order valence-electron chi connectivity index (χ0n) is 9.79. The molecule has 15 heavy (non-hydrogen) atoms. The van der Waals surface area contributed by atoms with Crippen LogP contribution in [0.2, 0.25) is 0 Å². The molecule has 0 radical (unpaired) electrons. The minimum atomic E-state index is 0.297. The van der Waals surface area contributed by atoms with E-state index in [0.717, 1.165) is 17.9 Å². The largest absolute Gasteiger partial charge is 0.492 e. The van der Waals surface area contributed by atoms with E-state index in [-0.39, 0.29) is 0 Å². The Morgan fingerprint density at radius 3 is 2.73 bits per heavy atom. The summed E-state index contributed by atoms with van der Waals surface area (Å²) in [6.45, 7) is 7.73. The van der Waals surface area contributed by atoms with Crippen LogP contribution in [-0.2, 0) is 6.54 Å². The molecule has 0 aromatic carbocycles. The maximum Gasteiger partial charge on any atom is 0.142 e. The first-order valence-electron chi connectivity index (χ1n) is 5.30. The highest BCUT2D eigenvalue weighted by atomic mass is 16.5. The number of ether oxygens (including phenoxy) is 1. The van der Waals surface area contributed by atoms with E-state index >= 15 is 0 Å². The molecule has 0 aliphatic rings. The van der Waals surface area contributed by atoms with Crippen molar-refractivity contribution in [2.75, 3.05) is 6.61 Å². The Hall–Kier alpha value is -1.09. The molecule has 3 heteroatoms. The van der Waals surface area contributed by atoms with Gasteiger partial charge >= 0.3 is 0 Å². The molecule has 0 bridgehead atoms. The van der Waals surface area contributed by atoms with Gasteiger partial charge in [0.1, 0.15) is 5.75 Å². The molecule has 0 aliphatic carbocycles. The summed E-state index contributed by atoms with van der Waals surface area (Å²) in [5.74, 6) is 0.809. The van der Waals surface area contributed by atoms with E-state index in [0.29, 0.717) is 18.6 Å². The summed E-state index contributed by atoms with van der Waals surface area (Å²) in [7, 11) is 0. The molecule has 0 aliphatic heterocycles. The van der Waals surface area contributed by atoms with Crippen LogP contribution in [0.5, 0.6) is 5.75 Å². The lowest BCUT2D eigenvalue weighted by atomic mass is 9.93. The molecular formula is C12H20N2O. The summed E-state index contributed by atoms with van der Waals surface area (Å²) in [6.07, 6.45) is 2.75. The van der Waals surface area contributed by atoms with Gasteiger partial charge in [0.05, 0.1) is 12.3 Å². The predicted octanol–water partition coefficient (Wildman–Crippen LogP) is 2.36. The fourth-order valence-electron chi connectivity index (χ4n) is 1.18. The molecular weight excluding hydrogens is 188 g/mol. The maximum atomic E-state index is 5.66. The topological polar surface area (TPSA) is 48.1 Å². The lowest BCUT2D eigenvalue weighted by Crippen LogP contribution is -2.12. The number of pyridine rings is 1. The highest BCUT2D eigenvalue weighted by Gasteiger charge is 2.10. The van der Waals surface area contributed by atoms with Gasteiger partial charge in [0.15, 0.2) is 0 Å². The fraction of sp³-hybridized carbons (Fsp3) is 0.583. The van der Waals surface area contributed by atoms with E-state index in [2.05, 4.69) is 25.8 Å². The quantitative estimate of drug-likeness (QED) is 0.826. The third kappa shape index (κ3) is 4.30. The van der Waals surface area contributed by atoms with Gasteiger partial charge in [-0.25, -0.2) is 0 Å². The van der Waals surface area contributed by atoms with Gasteiger partial charge in [-0.15, -0.1) is 0 Å². The van der Waals surface area contributed by atoms with Crippen molar-refractivity contribution in [1.82, 2.24) is 4.98 Å². The smallest absolute Gasteiger partial charge is 0.142 e. The summed E-state index contributed by atoms with van der Waals surface area (Å²) in [5.41, 5.74) is 6.69. The molecule has 1 aromatic heterocycles. The Labute approximate surface area is 91.7 Å². The third-order valence-electron chi connectivity index (χ3n) is 2.15. The average molecular weight is 208 g/mol. The minimum absolute atomic E-state index is 0.297. The number of rotatable bonds is 4. The molecule has 0 fully saturated rings. The minimum Gasteiger partial charge on any atom is -0.492 e. The van der Waals surface area contributed by atoms with Crippen LogP contribution >= 0.6 is 0 Å². The summed E-state index contributed by atoms with van der Waals surface area (Å²) >= 11 is 0. The van der Waals surface area contributed by atoms with Crippen molar-refractivity contribution >= 4 is 0 Å². The van der Waals surface area contributed by atoms with Gasteiger partial charge in [0.25, 0.3) is 0 Å². The second-order valence-electron chi connectivity index (χ2n) is 4.81. The first-order valence-corrected chi connectivity index (χ1v) is 5.30. The van der Waals surface area contributed by atoms with Gasteiger partial charge in [-0.1, -0.05) is 20.8 Å². The molecule has 84 valence electrons. The lowest BCUT2D eigenvalue weighted by Gasteiger charge is -2.18. The van der Waals surface area contributed by atoms with Crippen molar-refractivity contribution in [1.29, 1.82) is 0 Å². The van der Waals surface area contributed by atoms with Crippen LogP contribution < -0.4 is 10.5 Å². The molecule has 0 saturated heterocycles. The van der Waals surface area contributed by atoms with Crippen molar-refractivity contribution in [3.05, 3.63) is 24.0 Å². The van der Waals surface area contributed by atoms with E-state index in [4.69, 9.17) is 10.5 Å². The molecule has 2 N–H and O–H groups in total. The fourth-order valence-corrected chi connectivity index (χ4v) is 1.18. The summed E-state index contributed by atoms with van der Waals surface area (Å²) < 4.78 is 5.66. The second-order valence-corrected chi connectivity index (χ2v) is 4.81. The Morgan fingerprint density at radius 2 is 2.13 bits per heavy atom. The van der Waals surface area contributed by atoms with E-state index in [9.17, 15) is 0 Å². The molecule has 1 rings (SSSR count). The zero-order valence-corrected chi connectivity index (χ0v) is 9.79. The standard InChI is InChI=1S/C12H20N2O/c1-12(2,3)6-8-15-11-5-4-7-14-10(11)9-13/h4-5,7H,6,8-9,13H2,1-3H3. The van der Waals surface area contributed by atoms with Crippen LogP contribution in [0.4, 0.5) is 0 Å². The average Bonchev–Trinajstić information content (AvgIpc) is 2.16. The molecule has 1 heterocycles. The number of nitrogens with zero attached hydrogens (tertiary/aromatic N) is 1. The molecule has 0 amide bonds. The predicted molar refractivity (Wildman–Crippen MR) is 61.7 cm³/mol. The molecule has 3 nitrogen and oxygen atoms in total. The van der Waals surface area contributed by atoms with E-state index in [1.807, 2.05) is 12.1 Å². The van der Waals surface area contributed by atoms with E-state index < -0.39 is 0 Å². The molecule has 0 saturated carbocycles. The van der Waals surface area contributed by atoms with Crippen LogP contribution in [0, 0.1) is 5.41 Å². The van der Waals surface area contributed by atoms with E-state index in [1.165, 1.54) is 0 Å². The Kier molecular flexibility index (Phi) is 4.09. The van der Waals surface area contributed by atoms with E-state index in [1.54, 1.807) is 6.20 Å². The Morgan fingerprint density at radius 1 is 1.40 bits per heavy atom. The van der Waals surface area contributed by atoms with Gasteiger partial charge in [0.2, 0.25) is 0 Å². The highest BCUT2D eigenvalue weighted by Crippen LogP contribution is 2.20.